The number of fused-ring (bicyclic) bond motifs is 1. The van der Waals surface area contributed by atoms with Gasteiger partial charge in [0.1, 0.15) is 17.2 Å². The van der Waals surface area contributed by atoms with Crippen molar-refractivity contribution in [3.8, 4) is 11.5 Å². The van der Waals surface area contributed by atoms with Crippen LogP contribution in [0.25, 0.3) is 0 Å². The Morgan fingerprint density at radius 3 is 2.63 bits per heavy atom. The summed E-state index contributed by atoms with van der Waals surface area (Å²) in [6, 6.07) is 15.6. The molecule has 0 aliphatic carbocycles. The molecule has 1 unspecified atom stereocenters. The first-order valence-corrected chi connectivity index (χ1v) is 6.20. The minimum Gasteiger partial charge on any atom is -0.496 e. The molecule has 0 bridgehead atoms. The molecule has 0 saturated carbocycles. The lowest BCUT2D eigenvalue weighted by Gasteiger charge is -2.31. The number of methoxy groups -OCH3 is 1. The predicted octanol–water partition coefficient (Wildman–Crippen LogP) is 3.71. The molecule has 19 heavy (non-hydrogen) atoms. The Morgan fingerprint density at radius 1 is 1.05 bits per heavy atom. The second-order valence-corrected chi connectivity index (χ2v) is 4.64. The fraction of sp³-hybridized carbons (Fsp3) is 0.188. The summed E-state index contributed by atoms with van der Waals surface area (Å²) >= 11 is 0. The van der Waals surface area contributed by atoms with Crippen LogP contribution in [-0.2, 0) is 5.60 Å². The van der Waals surface area contributed by atoms with E-state index in [1.54, 1.807) is 7.11 Å². The van der Waals surface area contributed by atoms with Crippen LogP contribution in [-0.4, -0.2) is 13.3 Å². The molecule has 1 heterocycles. The number of para-hydroxylation sites is 3. The van der Waals surface area contributed by atoms with Gasteiger partial charge in [-0.1, -0.05) is 30.3 Å². The molecule has 1 aliphatic rings. The molecular weight excluding hydrogens is 238 g/mol. The lowest BCUT2D eigenvalue weighted by molar-refractivity contribution is 0.160. The van der Waals surface area contributed by atoms with Crippen LogP contribution in [0.3, 0.4) is 0 Å². The Labute approximate surface area is 112 Å². The number of benzene rings is 2. The first-order valence-electron chi connectivity index (χ1n) is 6.20. The molecule has 1 atom stereocenters. The first-order chi connectivity index (χ1) is 9.23. The number of ether oxygens (including phenoxy) is 2. The van der Waals surface area contributed by atoms with Gasteiger partial charge in [0.25, 0.3) is 0 Å². The first kappa shape index (κ1) is 11.8. The van der Waals surface area contributed by atoms with Crippen molar-refractivity contribution in [2.75, 3.05) is 7.11 Å². The molecule has 0 spiro atoms. The Bertz CT molecular complexity index is 636. The Balaban J connectivity index is 2.07. The summed E-state index contributed by atoms with van der Waals surface area (Å²) in [4.78, 5) is 4.49. The van der Waals surface area contributed by atoms with Crippen molar-refractivity contribution in [1.29, 1.82) is 0 Å². The summed E-state index contributed by atoms with van der Waals surface area (Å²) in [6.07, 6.45) is 1.83. The van der Waals surface area contributed by atoms with E-state index in [0.717, 1.165) is 22.7 Å². The largest absolute Gasteiger partial charge is 0.496 e. The molecule has 3 heteroatoms. The van der Waals surface area contributed by atoms with Crippen molar-refractivity contribution < 1.29 is 9.47 Å². The molecule has 1 aliphatic heterocycles. The van der Waals surface area contributed by atoms with Gasteiger partial charge in [-0.05, 0) is 25.1 Å². The average molecular weight is 253 g/mol. The minimum absolute atomic E-state index is 0.610. The van der Waals surface area contributed by atoms with E-state index in [2.05, 4.69) is 4.99 Å². The quantitative estimate of drug-likeness (QED) is 0.817. The summed E-state index contributed by atoms with van der Waals surface area (Å²) in [5, 5.41) is 0. The van der Waals surface area contributed by atoms with E-state index >= 15 is 0 Å². The molecule has 0 radical (unpaired) electrons. The Morgan fingerprint density at radius 2 is 1.79 bits per heavy atom. The van der Waals surface area contributed by atoms with Crippen molar-refractivity contribution in [3.05, 3.63) is 54.1 Å². The fourth-order valence-electron chi connectivity index (χ4n) is 2.28. The monoisotopic (exact) mass is 253 g/mol. The van der Waals surface area contributed by atoms with Gasteiger partial charge < -0.3 is 9.47 Å². The smallest absolute Gasteiger partial charge is 0.170 e. The average Bonchev–Trinajstić information content (AvgIpc) is 2.47. The summed E-state index contributed by atoms with van der Waals surface area (Å²) in [7, 11) is 1.66. The van der Waals surface area contributed by atoms with Crippen molar-refractivity contribution >= 4 is 11.9 Å². The zero-order valence-corrected chi connectivity index (χ0v) is 11.0. The zero-order valence-electron chi connectivity index (χ0n) is 11.0. The number of rotatable bonds is 2. The zero-order chi connectivity index (χ0) is 13.3. The van der Waals surface area contributed by atoms with E-state index in [9.17, 15) is 0 Å². The standard InChI is InChI=1S/C16H15NO2/c1-16(12-7-3-5-9-14(12)18-2)11-17-13-8-4-6-10-15(13)19-16/h3-11H,1-2H3. The van der Waals surface area contributed by atoms with E-state index in [-0.39, 0.29) is 0 Å². The number of aliphatic imine (C=N–C) groups is 1. The third-order valence-electron chi connectivity index (χ3n) is 3.28. The van der Waals surface area contributed by atoms with Crippen LogP contribution in [0.5, 0.6) is 11.5 Å². The van der Waals surface area contributed by atoms with Crippen LogP contribution < -0.4 is 9.47 Å². The molecule has 0 fully saturated rings. The molecular formula is C16H15NO2. The molecule has 3 rings (SSSR count). The maximum absolute atomic E-state index is 6.12. The van der Waals surface area contributed by atoms with Crippen LogP contribution in [0.4, 0.5) is 5.69 Å². The van der Waals surface area contributed by atoms with Crippen LogP contribution in [0, 0.1) is 0 Å². The van der Waals surface area contributed by atoms with Gasteiger partial charge in [-0.15, -0.1) is 0 Å². The van der Waals surface area contributed by atoms with Crippen molar-refractivity contribution in [3.63, 3.8) is 0 Å². The minimum atomic E-state index is -0.610. The SMILES string of the molecule is COc1ccccc1C1(C)C=Nc2ccccc2O1. The molecule has 0 amide bonds. The molecule has 2 aromatic rings. The number of hydrogen-bond acceptors (Lipinski definition) is 3. The molecule has 0 N–H and O–H groups in total. The highest BCUT2D eigenvalue weighted by Gasteiger charge is 2.33. The normalized spacial score (nSPS) is 20.5. The third-order valence-corrected chi connectivity index (χ3v) is 3.28. The van der Waals surface area contributed by atoms with Gasteiger partial charge in [-0.25, -0.2) is 0 Å². The summed E-state index contributed by atoms with van der Waals surface area (Å²) in [5.41, 5.74) is 1.21. The highest BCUT2D eigenvalue weighted by Crippen LogP contribution is 2.40. The topological polar surface area (TPSA) is 30.8 Å². The maximum Gasteiger partial charge on any atom is 0.170 e. The van der Waals surface area contributed by atoms with Gasteiger partial charge >= 0.3 is 0 Å². The fourth-order valence-corrected chi connectivity index (χ4v) is 2.28. The van der Waals surface area contributed by atoms with Crippen molar-refractivity contribution in [2.45, 2.75) is 12.5 Å². The number of nitrogens with zero attached hydrogens (tertiary/aromatic N) is 1. The molecule has 3 nitrogen and oxygen atoms in total. The van der Waals surface area contributed by atoms with E-state index in [1.807, 2.05) is 61.7 Å². The second-order valence-electron chi connectivity index (χ2n) is 4.64. The van der Waals surface area contributed by atoms with Crippen LogP contribution >= 0.6 is 0 Å². The van der Waals surface area contributed by atoms with E-state index in [1.165, 1.54) is 0 Å². The predicted molar refractivity (Wildman–Crippen MR) is 75.6 cm³/mol. The van der Waals surface area contributed by atoms with Crippen LogP contribution in [0.2, 0.25) is 0 Å². The molecule has 96 valence electrons. The van der Waals surface area contributed by atoms with Gasteiger partial charge in [-0.3, -0.25) is 4.99 Å². The highest BCUT2D eigenvalue weighted by molar-refractivity contribution is 5.79. The molecule has 0 saturated heterocycles. The Hall–Kier alpha value is -2.29. The van der Waals surface area contributed by atoms with Gasteiger partial charge in [-0.2, -0.15) is 0 Å². The highest BCUT2D eigenvalue weighted by atomic mass is 16.5. The summed E-state index contributed by atoms with van der Waals surface area (Å²) in [5.74, 6) is 1.59. The van der Waals surface area contributed by atoms with Gasteiger partial charge in [0.05, 0.1) is 13.3 Å². The van der Waals surface area contributed by atoms with E-state index in [4.69, 9.17) is 9.47 Å². The van der Waals surface area contributed by atoms with E-state index < -0.39 is 5.60 Å². The van der Waals surface area contributed by atoms with Crippen LogP contribution in [0.15, 0.2) is 53.5 Å². The van der Waals surface area contributed by atoms with Gasteiger partial charge in [0.2, 0.25) is 0 Å². The summed E-state index contributed by atoms with van der Waals surface area (Å²) < 4.78 is 11.5. The second kappa shape index (κ2) is 4.43. The lowest BCUT2D eigenvalue weighted by atomic mass is 9.95. The maximum atomic E-state index is 6.12. The van der Waals surface area contributed by atoms with Gasteiger partial charge in [0.15, 0.2) is 5.60 Å². The molecule has 0 aromatic heterocycles. The lowest BCUT2D eigenvalue weighted by Crippen LogP contribution is -2.33. The third kappa shape index (κ3) is 1.97. The van der Waals surface area contributed by atoms with Crippen LogP contribution in [0.1, 0.15) is 12.5 Å². The van der Waals surface area contributed by atoms with Crippen molar-refractivity contribution in [1.82, 2.24) is 0 Å². The van der Waals surface area contributed by atoms with E-state index in [0.29, 0.717) is 0 Å². The summed E-state index contributed by atoms with van der Waals surface area (Å²) in [6.45, 7) is 1.99. The van der Waals surface area contributed by atoms with Gasteiger partial charge in [0, 0.05) is 5.56 Å². The molecule has 2 aromatic carbocycles. The van der Waals surface area contributed by atoms with Crippen molar-refractivity contribution in [2.24, 2.45) is 4.99 Å². The number of hydrogen-bond donors (Lipinski definition) is 0. The Kier molecular flexibility index (Phi) is 2.75.